The van der Waals surface area contributed by atoms with Crippen LogP contribution in [0, 0.1) is 6.92 Å². The van der Waals surface area contributed by atoms with Crippen molar-refractivity contribution in [2.45, 2.75) is 39.3 Å². The zero-order valence-corrected chi connectivity index (χ0v) is 18.6. The highest BCUT2D eigenvalue weighted by Crippen LogP contribution is 2.39. The number of aryl methyl sites for hydroxylation is 2. The third-order valence-corrected chi connectivity index (χ3v) is 6.70. The van der Waals surface area contributed by atoms with Gasteiger partial charge < -0.3 is 18.8 Å². The van der Waals surface area contributed by atoms with Crippen LogP contribution in [0.4, 0.5) is 5.69 Å². The van der Waals surface area contributed by atoms with Crippen LogP contribution >= 0.6 is 0 Å². The molecule has 166 valence electrons. The minimum atomic E-state index is -0.190. The fourth-order valence-electron chi connectivity index (χ4n) is 5.00. The van der Waals surface area contributed by atoms with E-state index in [0.717, 1.165) is 76.2 Å². The summed E-state index contributed by atoms with van der Waals surface area (Å²) in [5.74, 6) is 1.68. The van der Waals surface area contributed by atoms with Crippen LogP contribution in [0.3, 0.4) is 0 Å². The molecule has 1 aliphatic carbocycles. The van der Waals surface area contributed by atoms with E-state index in [-0.39, 0.29) is 5.63 Å². The molecule has 0 N–H and O–H groups in total. The molecule has 5 heteroatoms. The van der Waals surface area contributed by atoms with E-state index >= 15 is 0 Å². The van der Waals surface area contributed by atoms with Gasteiger partial charge in [0.1, 0.15) is 23.7 Å². The first-order chi connectivity index (χ1) is 16.2. The first-order valence-electron chi connectivity index (χ1n) is 11.4. The second-order valence-corrected chi connectivity index (χ2v) is 8.81. The van der Waals surface area contributed by atoms with Gasteiger partial charge in [-0.1, -0.05) is 30.3 Å². The number of benzene rings is 3. The Kier molecular flexibility index (Phi) is 4.83. The van der Waals surface area contributed by atoms with Crippen molar-refractivity contribution in [1.29, 1.82) is 0 Å². The van der Waals surface area contributed by atoms with Crippen LogP contribution in [-0.2, 0) is 26.0 Å². The summed E-state index contributed by atoms with van der Waals surface area (Å²) in [6.45, 7) is 3.72. The number of fused-ring (bicyclic) bond motifs is 4. The molecule has 0 radical (unpaired) electrons. The van der Waals surface area contributed by atoms with Crippen molar-refractivity contribution in [3.8, 4) is 11.5 Å². The SMILES string of the molecule is Cc1c2c(cc3c4c(c(=O)oc13)CCC4)CN(c1ccc(OCc3ccccc3)cc1)CO2. The van der Waals surface area contributed by atoms with Gasteiger partial charge in [-0.25, -0.2) is 4.79 Å². The van der Waals surface area contributed by atoms with Gasteiger partial charge in [0.15, 0.2) is 6.73 Å². The van der Waals surface area contributed by atoms with Gasteiger partial charge in [-0.05, 0) is 67.6 Å². The molecular weight excluding hydrogens is 414 g/mol. The van der Waals surface area contributed by atoms with E-state index < -0.39 is 0 Å². The summed E-state index contributed by atoms with van der Waals surface area (Å²) < 4.78 is 17.8. The van der Waals surface area contributed by atoms with Crippen molar-refractivity contribution in [1.82, 2.24) is 0 Å². The fourth-order valence-corrected chi connectivity index (χ4v) is 5.00. The molecule has 0 atom stereocenters. The number of hydrogen-bond donors (Lipinski definition) is 0. The Balaban J connectivity index is 1.25. The van der Waals surface area contributed by atoms with Crippen LogP contribution < -0.4 is 20.0 Å². The molecule has 0 bridgehead atoms. The number of ether oxygens (including phenoxy) is 2. The van der Waals surface area contributed by atoms with Crippen molar-refractivity contribution < 1.29 is 13.9 Å². The molecule has 0 saturated heterocycles. The molecule has 4 aromatic rings. The van der Waals surface area contributed by atoms with Crippen LogP contribution in [0.1, 0.15) is 34.2 Å². The van der Waals surface area contributed by atoms with E-state index in [0.29, 0.717) is 18.9 Å². The lowest BCUT2D eigenvalue weighted by molar-refractivity contribution is 0.287. The molecule has 1 aromatic heterocycles. The molecule has 0 amide bonds. The molecule has 0 spiro atoms. The molecule has 0 fully saturated rings. The van der Waals surface area contributed by atoms with Crippen LogP contribution in [0.5, 0.6) is 11.5 Å². The number of nitrogens with zero attached hydrogens (tertiary/aromatic N) is 1. The van der Waals surface area contributed by atoms with Gasteiger partial charge in [0, 0.05) is 34.3 Å². The molecule has 0 saturated carbocycles. The summed E-state index contributed by atoms with van der Waals surface area (Å²) in [5.41, 5.74) is 6.75. The average molecular weight is 440 g/mol. The zero-order valence-electron chi connectivity index (χ0n) is 18.6. The summed E-state index contributed by atoms with van der Waals surface area (Å²) in [4.78, 5) is 14.6. The van der Waals surface area contributed by atoms with Crippen LogP contribution in [0.2, 0.25) is 0 Å². The predicted molar refractivity (Wildman–Crippen MR) is 128 cm³/mol. The largest absolute Gasteiger partial charge is 0.489 e. The second kappa shape index (κ2) is 8.00. The molecule has 2 heterocycles. The standard InChI is InChI=1S/C28H25NO4/c1-18-26-20(14-25-23-8-5-9-24(23)28(30)33-27(18)25)15-29(17-32-26)21-10-12-22(13-11-21)31-16-19-6-3-2-4-7-19/h2-4,6-7,10-14H,5,8-9,15-17H2,1H3. The zero-order chi connectivity index (χ0) is 22.4. The minimum Gasteiger partial charge on any atom is -0.489 e. The maximum atomic E-state index is 12.4. The topological polar surface area (TPSA) is 51.9 Å². The third-order valence-electron chi connectivity index (χ3n) is 6.70. The van der Waals surface area contributed by atoms with E-state index in [2.05, 4.69) is 35.2 Å². The molecule has 5 nitrogen and oxygen atoms in total. The van der Waals surface area contributed by atoms with Crippen molar-refractivity contribution in [3.63, 3.8) is 0 Å². The van der Waals surface area contributed by atoms with Crippen molar-refractivity contribution >= 4 is 16.7 Å². The average Bonchev–Trinajstić information content (AvgIpc) is 3.36. The van der Waals surface area contributed by atoms with Crippen LogP contribution in [-0.4, -0.2) is 6.73 Å². The molecule has 6 rings (SSSR count). The number of anilines is 1. The van der Waals surface area contributed by atoms with Crippen LogP contribution in [0.15, 0.2) is 69.9 Å². The van der Waals surface area contributed by atoms with Gasteiger partial charge in [0.25, 0.3) is 0 Å². The maximum Gasteiger partial charge on any atom is 0.339 e. The second-order valence-electron chi connectivity index (χ2n) is 8.81. The van der Waals surface area contributed by atoms with E-state index in [4.69, 9.17) is 13.9 Å². The van der Waals surface area contributed by atoms with E-state index in [1.54, 1.807) is 0 Å². The summed E-state index contributed by atoms with van der Waals surface area (Å²) in [6.07, 6.45) is 2.76. The van der Waals surface area contributed by atoms with Gasteiger partial charge in [-0.2, -0.15) is 0 Å². The molecule has 33 heavy (non-hydrogen) atoms. The fraction of sp³-hybridized carbons (Fsp3) is 0.250. The van der Waals surface area contributed by atoms with E-state index in [1.165, 1.54) is 0 Å². The third kappa shape index (κ3) is 3.54. The lowest BCUT2D eigenvalue weighted by Crippen LogP contribution is -2.32. The molecule has 0 unspecified atom stereocenters. The molecule has 2 aliphatic rings. The molecular formula is C28H25NO4. The Morgan fingerprint density at radius 2 is 1.79 bits per heavy atom. The van der Waals surface area contributed by atoms with Gasteiger partial charge >= 0.3 is 5.63 Å². The maximum absolute atomic E-state index is 12.4. The smallest absolute Gasteiger partial charge is 0.339 e. The van der Waals surface area contributed by atoms with Gasteiger partial charge in [0.2, 0.25) is 0 Å². The van der Waals surface area contributed by atoms with Crippen molar-refractivity contribution in [2.75, 3.05) is 11.6 Å². The quantitative estimate of drug-likeness (QED) is 0.392. The van der Waals surface area contributed by atoms with E-state index in [9.17, 15) is 4.79 Å². The summed E-state index contributed by atoms with van der Waals surface area (Å²) in [6, 6.07) is 20.5. The molecule has 1 aliphatic heterocycles. The highest BCUT2D eigenvalue weighted by molar-refractivity contribution is 5.88. The Bertz CT molecular complexity index is 1390. The number of rotatable bonds is 4. The first-order valence-corrected chi connectivity index (χ1v) is 11.4. The van der Waals surface area contributed by atoms with Gasteiger partial charge in [0.05, 0.1) is 0 Å². The van der Waals surface area contributed by atoms with Gasteiger partial charge in [-0.3, -0.25) is 0 Å². The van der Waals surface area contributed by atoms with Crippen LogP contribution in [0.25, 0.3) is 11.0 Å². The Labute approximate surface area is 192 Å². The van der Waals surface area contributed by atoms with Crippen molar-refractivity contribution in [3.05, 3.63) is 98.9 Å². The monoisotopic (exact) mass is 439 g/mol. The normalized spacial score (nSPS) is 14.6. The van der Waals surface area contributed by atoms with E-state index in [1.807, 2.05) is 37.3 Å². The molecule has 3 aromatic carbocycles. The number of hydrogen-bond acceptors (Lipinski definition) is 5. The Morgan fingerprint density at radius 1 is 1.00 bits per heavy atom. The minimum absolute atomic E-state index is 0.190. The summed E-state index contributed by atoms with van der Waals surface area (Å²) >= 11 is 0. The summed E-state index contributed by atoms with van der Waals surface area (Å²) in [7, 11) is 0. The van der Waals surface area contributed by atoms with Crippen molar-refractivity contribution in [2.24, 2.45) is 0 Å². The van der Waals surface area contributed by atoms with Gasteiger partial charge in [-0.15, -0.1) is 0 Å². The first kappa shape index (κ1) is 19.9. The lowest BCUT2D eigenvalue weighted by Gasteiger charge is -2.32. The Morgan fingerprint density at radius 3 is 2.61 bits per heavy atom. The highest BCUT2D eigenvalue weighted by Gasteiger charge is 2.26. The predicted octanol–water partition coefficient (Wildman–Crippen LogP) is 5.53. The Hall–Kier alpha value is -3.73. The highest BCUT2D eigenvalue weighted by atomic mass is 16.5. The lowest BCUT2D eigenvalue weighted by atomic mass is 9.99. The summed E-state index contributed by atoms with van der Waals surface area (Å²) in [5, 5.41) is 1.06.